The van der Waals surface area contributed by atoms with E-state index in [4.69, 9.17) is 5.11 Å². The van der Waals surface area contributed by atoms with Gasteiger partial charge in [-0.1, -0.05) is 6.92 Å². The van der Waals surface area contributed by atoms with Crippen molar-refractivity contribution in [3.63, 3.8) is 0 Å². The number of carboxylic acid groups (broad SMARTS) is 1. The van der Waals surface area contributed by atoms with Gasteiger partial charge in [-0.05, 0) is 12.5 Å². The van der Waals surface area contributed by atoms with Crippen LogP contribution in [0.25, 0.3) is 0 Å². The van der Waals surface area contributed by atoms with Crippen molar-refractivity contribution in [1.82, 2.24) is 0 Å². The van der Waals surface area contributed by atoms with Gasteiger partial charge in [0.05, 0.1) is 16.2 Å². The van der Waals surface area contributed by atoms with Crippen LogP contribution in [0.5, 0.6) is 0 Å². The first kappa shape index (κ1) is 13.0. The summed E-state index contributed by atoms with van der Waals surface area (Å²) in [6, 6.07) is 3.87. The number of hydrogen-bond acceptors (Lipinski definition) is 4. The molecule has 0 aliphatic heterocycles. The third-order valence-electron chi connectivity index (χ3n) is 2.39. The van der Waals surface area contributed by atoms with Crippen molar-refractivity contribution in [2.45, 2.75) is 13.3 Å². The number of non-ortho nitro benzene ring substituents is 1. The lowest BCUT2D eigenvalue weighted by molar-refractivity contribution is -0.384. The lowest BCUT2D eigenvalue weighted by atomic mass is 10.1. The molecule has 0 aliphatic rings. The summed E-state index contributed by atoms with van der Waals surface area (Å²) in [4.78, 5) is 22.8. The minimum atomic E-state index is -1.16. The van der Waals surface area contributed by atoms with Gasteiger partial charge < -0.3 is 10.0 Å². The Balaban J connectivity index is 3.22. The minimum absolute atomic E-state index is 0.0462. The molecule has 0 bridgehead atoms. The maximum Gasteiger partial charge on any atom is 0.338 e. The molecule has 0 fully saturated rings. The van der Waals surface area contributed by atoms with Gasteiger partial charge in [0.25, 0.3) is 5.69 Å². The van der Waals surface area contributed by atoms with E-state index in [9.17, 15) is 14.9 Å². The third-order valence-corrected chi connectivity index (χ3v) is 2.39. The van der Waals surface area contributed by atoms with Gasteiger partial charge in [0.1, 0.15) is 0 Å². The van der Waals surface area contributed by atoms with Crippen LogP contribution in [0.4, 0.5) is 11.4 Å². The quantitative estimate of drug-likeness (QED) is 0.627. The number of hydrogen-bond donors (Lipinski definition) is 1. The summed E-state index contributed by atoms with van der Waals surface area (Å²) < 4.78 is 0. The van der Waals surface area contributed by atoms with E-state index in [-0.39, 0.29) is 11.3 Å². The molecule has 0 saturated carbocycles. The number of nitro groups is 1. The van der Waals surface area contributed by atoms with Crippen LogP contribution in [0.2, 0.25) is 0 Å². The fourth-order valence-corrected chi connectivity index (χ4v) is 1.60. The highest BCUT2D eigenvalue weighted by Crippen LogP contribution is 2.24. The molecule has 6 heteroatoms. The van der Waals surface area contributed by atoms with Crippen LogP contribution >= 0.6 is 0 Å². The summed E-state index contributed by atoms with van der Waals surface area (Å²) >= 11 is 0. The number of nitrogens with zero attached hydrogens (tertiary/aromatic N) is 2. The Morgan fingerprint density at radius 1 is 1.53 bits per heavy atom. The van der Waals surface area contributed by atoms with E-state index in [1.165, 1.54) is 12.1 Å². The SMILES string of the molecule is CCCN(C)c1ccc([N+](=O)[O-])cc1C(=O)O. The molecule has 0 aliphatic carbocycles. The van der Waals surface area contributed by atoms with Gasteiger partial charge in [0.15, 0.2) is 0 Å². The van der Waals surface area contributed by atoms with Gasteiger partial charge in [-0.15, -0.1) is 0 Å². The average Bonchev–Trinajstić information content (AvgIpc) is 2.28. The summed E-state index contributed by atoms with van der Waals surface area (Å²) in [7, 11) is 1.76. The molecule has 0 unspecified atom stereocenters. The molecule has 0 saturated heterocycles. The molecule has 1 rings (SSSR count). The van der Waals surface area contributed by atoms with Crippen molar-refractivity contribution in [2.75, 3.05) is 18.5 Å². The van der Waals surface area contributed by atoms with Crippen LogP contribution in [-0.2, 0) is 0 Å². The molecular weight excluding hydrogens is 224 g/mol. The number of carboxylic acids is 1. The number of aromatic carboxylic acids is 1. The largest absolute Gasteiger partial charge is 0.478 e. The predicted octanol–water partition coefficient (Wildman–Crippen LogP) is 2.14. The molecule has 1 N–H and O–H groups in total. The van der Waals surface area contributed by atoms with E-state index in [1.807, 2.05) is 6.92 Å². The van der Waals surface area contributed by atoms with Crippen LogP contribution in [0, 0.1) is 10.1 Å². The van der Waals surface area contributed by atoms with Gasteiger partial charge in [-0.3, -0.25) is 10.1 Å². The number of nitro benzene ring substituents is 1. The summed E-state index contributed by atoms with van der Waals surface area (Å²) in [5.74, 6) is -1.16. The Kier molecular flexibility index (Phi) is 4.03. The molecular formula is C11H14N2O4. The minimum Gasteiger partial charge on any atom is -0.478 e. The normalized spacial score (nSPS) is 10.0. The highest BCUT2D eigenvalue weighted by atomic mass is 16.6. The topological polar surface area (TPSA) is 83.7 Å². The second-order valence-corrected chi connectivity index (χ2v) is 3.69. The molecule has 0 amide bonds. The summed E-state index contributed by atoms with van der Waals surface area (Å²) in [5, 5.41) is 19.6. The Morgan fingerprint density at radius 2 is 2.18 bits per heavy atom. The molecule has 0 atom stereocenters. The standard InChI is InChI=1S/C11H14N2O4/c1-3-6-12(2)10-5-4-8(13(16)17)7-9(10)11(14)15/h4-5,7H,3,6H2,1-2H3,(H,14,15). The van der Waals surface area contributed by atoms with Gasteiger partial charge in [0, 0.05) is 25.7 Å². The van der Waals surface area contributed by atoms with Crippen LogP contribution in [0.15, 0.2) is 18.2 Å². The molecule has 0 aromatic heterocycles. The zero-order chi connectivity index (χ0) is 13.0. The lowest BCUT2D eigenvalue weighted by Gasteiger charge is -2.20. The van der Waals surface area contributed by atoms with Crippen LogP contribution in [0.1, 0.15) is 23.7 Å². The van der Waals surface area contributed by atoms with Gasteiger partial charge in [-0.2, -0.15) is 0 Å². The van der Waals surface area contributed by atoms with Crippen molar-refractivity contribution < 1.29 is 14.8 Å². The van der Waals surface area contributed by atoms with E-state index in [0.717, 1.165) is 12.5 Å². The Hall–Kier alpha value is -2.11. The Morgan fingerprint density at radius 3 is 2.65 bits per heavy atom. The first-order valence-corrected chi connectivity index (χ1v) is 5.20. The van der Waals surface area contributed by atoms with E-state index < -0.39 is 10.9 Å². The van der Waals surface area contributed by atoms with E-state index in [2.05, 4.69) is 0 Å². The molecule has 0 spiro atoms. The molecule has 17 heavy (non-hydrogen) atoms. The highest BCUT2D eigenvalue weighted by Gasteiger charge is 2.17. The van der Waals surface area contributed by atoms with Gasteiger partial charge in [0.2, 0.25) is 0 Å². The molecule has 0 heterocycles. The Labute approximate surface area is 98.6 Å². The maximum atomic E-state index is 11.1. The second kappa shape index (κ2) is 5.29. The smallest absolute Gasteiger partial charge is 0.338 e. The lowest BCUT2D eigenvalue weighted by Crippen LogP contribution is -2.20. The van der Waals surface area contributed by atoms with Gasteiger partial charge >= 0.3 is 5.97 Å². The molecule has 92 valence electrons. The maximum absolute atomic E-state index is 11.1. The van der Waals surface area contributed by atoms with Crippen molar-refractivity contribution in [3.05, 3.63) is 33.9 Å². The van der Waals surface area contributed by atoms with E-state index in [1.54, 1.807) is 11.9 Å². The molecule has 6 nitrogen and oxygen atoms in total. The number of anilines is 1. The third kappa shape index (κ3) is 2.93. The zero-order valence-electron chi connectivity index (χ0n) is 9.71. The number of benzene rings is 1. The fraction of sp³-hybridized carbons (Fsp3) is 0.364. The van der Waals surface area contributed by atoms with Crippen LogP contribution in [0.3, 0.4) is 0 Å². The summed E-state index contributed by atoms with van der Waals surface area (Å²) in [6.07, 6.45) is 0.868. The van der Waals surface area contributed by atoms with Gasteiger partial charge in [-0.25, -0.2) is 4.79 Å². The molecule has 1 aromatic carbocycles. The summed E-state index contributed by atoms with van der Waals surface area (Å²) in [5.41, 5.74) is 0.233. The predicted molar refractivity (Wildman–Crippen MR) is 63.6 cm³/mol. The van der Waals surface area contributed by atoms with Crippen molar-refractivity contribution in [2.24, 2.45) is 0 Å². The average molecular weight is 238 g/mol. The number of rotatable bonds is 5. The van der Waals surface area contributed by atoms with Crippen LogP contribution < -0.4 is 4.90 Å². The second-order valence-electron chi connectivity index (χ2n) is 3.69. The number of carbonyl (C=O) groups is 1. The van der Waals surface area contributed by atoms with Crippen molar-refractivity contribution in [1.29, 1.82) is 0 Å². The molecule has 0 radical (unpaired) electrons. The summed E-state index contributed by atoms with van der Waals surface area (Å²) in [6.45, 7) is 2.67. The zero-order valence-corrected chi connectivity index (χ0v) is 9.71. The monoisotopic (exact) mass is 238 g/mol. The first-order chi connectivity index (χ1) is 7.97. The first-order valence-electron chi connectivity index (χ1n) is 5.20. The highest BCUT2D eigenvalue weighted by molar-refractivity contribution is 5.95. The van der Waals surface area contributed by atoms with Crippen molar-refractivity contribution in [3.8, 4) is 0 Å². The van der Waals surface area contributed by atoms with Crippen molar-refractivity contribution >= 4 is 17.3 Å². The van der Waals surface area contributed by atoms with E-state index in [0.29, 0.717) is 12.2 Å². The van der Waals surface area contributed by atoms with Crippen LogP contribution in [-0.4, -0.2) is 29.6 Å². The fourth-order valence-electron chi connectivity index (χ4n) is 1.60. The van der Waals surface area contributed by atoms with E-state index >= 15 is 0 Å². The Bertz CT molecular complexity index is 445. The molecule has 1 aromatic rings.